The van der Waals surface area contributed by atoms with Crippen molar-refractivity contribution in [1.82, 2.24) is 4.98 Å². The zero-order valence-electron chi connectivity index (χ0n) is 13.6. The summed E-state index contributed by atoms with van der Waals surface area (Å²) in [7, 11) is 0. The topological polar surface area (TPSA) is 54.0 Å². The number of anilines is 2. The maximum absolute atomic E-state index is 12.3. The van der Waals surface area contributed by atoms with E-state index in [4.69, 9.17) is 0 Å². The maximum atomic E-state index is 12.3. The number of alkyl halides is 3. The summed E-state index contributed by atoms with van der Waals surface area (Å²) in [4.78, 5) is 16.7. The average Bonchev–Trinajstić information content (AvgIpc) is 2.55. The fraction of sp³-hybridized carbons (Fsp3) is 0.111. The molecule has 2 amide bonds. The molecule has 2 aromatic carbocycles. The fourth-order valence-corrected chi connectivity index (χ4v) is 2.98. The van der Waals surface area contributed by atoms with Crippen LogP contribution in [-0.4, -0.2) is 16.5 Å². The second kappa shape index (κ2) is 7.25. The average molecular weight is 377 g/mol. The van der Waals surface area contributed by atoms with Crippen LogP contribution in [0.25, 0.3) is 10.9 Å². The second-order valence-electron chi connectivity index (χ2n) is 5.48. The predicted octanol–water partition coefficient (Wildman–Crippen LogP) is 5.80. The number of carbonyl (C=O) groups is 1. The SMILES string of the molecule is Cc1cc(NC(=O)Nc2ccc(SC(F)(F)F)cc2)c2ccccc2n1. The number of hydrogen-bond donors (Lipinski definition) is 2. The van der Waals surface area contributed by atoms with Gasteiger partial charge >= 0.3 is 11.5 Å². The minimum Gasteiger partial charge on any atom is -0.308 e. The molecule has 1 aromatic heterocycles. The molecule has 2 N–H and O–H groups in total. The highest BCUT2D eigenvalue weighted by molar-refractivity contribution is 8.00. The Kier molecular flexibility index (Phi) is 5.03. The Morgan fingerprint density at radius 2 is 1.73 bits per heavy atom. The minimum atomic E-state index is -4.34. The molecule has 26 heavy (non-hydrogen) atoms. The highest BCUT2D eigenvalue weighted by Gasteiger charge is 2.29. The minimum absolute atomic E-state index is 0.0548. The predicted molar refractivity (Wildman–Crippen MR) is 97.5 cm³/mol. The normalized spacial score (nSPS) is 11.4. The third-order valence-electron chi connectivity index (χ3n) is 3.44. The van der Waals surface area contributed by atoms with Gasteiger partial charge in [-0.2, -0.15) is 13.2 Å². The van der Waals surface area contributed by atoms with Gasteiger partial charge in [0.25, 0.3) is 0 Å². The first-order chi connectivity index (χ1) is 12.3. The lowest BCUT2D eigenvalue weighted by Gasteiger charge is -2.11. The van der Waals surface area contributed by atoms with Gasteiger partial charge in [-0.3, -0.25) is 4.98 Å². The van der Waals surface area contributed by atoms with E-state index in [1.165, 1.54) is 24.3 Å². The molecule has 1 heterocycles. The van der Waals surface area contributed by atoms with Crippen LogP contribution in [0, 0.1) is 6.92 Å². The lowest BCUT2D eigenvalue weighted by molar-refractivity contribution is -0.0328. The quantitative estimate of drug-likeness (QED) is 0.567. The molecule has 0 atom stereocenters. The van der Waals surface area contributed by atoms with Gasteiger partial charge in [0.05, 0.1) is 11.2 Å². The van der Waals surface area contributed by atoms with Gasteiger partial charge in [0.15, 0.2) is 0 Å². The van der Waals surface area contributed by atoms with Crippen molar-refractivity contribution < 1.29 is 18.0 Å². The Bertz CT molecular complexity index is 943. The summed E-state index contributed by atoms with van der Waals surface area (Å²) < 4.78 is 37.0. The summed E-state index contributed by atoms with van der Waals surface area (Å²) >= 11 is -0.201. The van der Waals surface area contributed by atoms with Crippen LogP contribution in [0.2, 0.25) is 0 Å². The van der Waals surface area contributed by atoms with Gasteiger partial charge in [-0.25, -0.2) is 4.79 Å². The molecule has 0 saturated carbocycles. The molecule has 0 aliphatic rings. The van der Waals surface area contributed by atoms with Crippen molar-refractivity contribution in [3.05, 3.63) is 60.3 Å². The van der Waals surface area contributed by atoms with Crippen LogP contribution in [0.1, 0.15) is 5.69 Å². The van der Waals surface area contributed by atoms with E-state index in [2.05, 4.69) is 15.6 Å². The molecular weight excluding hydrogens is 363 g/mol. The molecule has 0 aliphatic heterocycles. The summed E-state index contributed by atoms with van der Waals surface area (Å²) in [6.07, 6.45) is 0. The first-order valence-electron chi connectivity index (χ1n) is 7.60. The van der Waals surface area contributed by atoms with Crippen molar-refractivity contribution in [3.63, 3.8) is 0 Å². The molecule has 0 spiro atoms. The van der Waals surface area contributed by atoms with Crippen molar-refractivity contribution in [3.8, 4) is 0 Å². The highest BCUT2D eigenvalue weighted by atomic mass is 32.2. The monoisotopic (exact) mass is 377 g/mol. The number of thioether (sulfide) groups is 1. The van der Waals surface area contributed by atoms with E-state index in [0.717, 1.165) is 16.6 Å². The Hall–Kier alpha value is -2.74. The van der Waals surface area contributed by atoms with Gasteiger partial charge in [-0.1, -0.05) is 18.2 Å². The molecule has 3 rings (SSSR count). The Morgan fingerprint density at radius 3 is 2.42 bits per heavy atom. The van der Waals surface area contributed by atoms with Crippen LogP contribution in [-0.2, 0) is 0 Å². The number of hydrogen-bond acceptors (Lipinski definition) is 3. The summed E-state index contributed by atoms with van der Waals surface area (Å²) in [6, 6.07) is 14.1. The van der Waals surface area contributed by atoms with E-state index < -0.39 is 11.5 Å². The van der Waals surface area contributed by atoms with E-state index in [0.29, 0.717) is 11.4 Å². The van der Waals surface area contributed by atoms with Crippen LogP contribution >= 0.6 is 11.8 Å². The molecule has 0 unspecified atom stereocenters. The molecule has 0 bridgehead atoms. The maximum Gasteiger partial charge on any atom is 0.446 e. The molecular formula is C18H14F3N3OS. The number of urea groups is 1. The van der Waals surface area contributed by atoms with Crippen LogP contribution in [0.3, 0.4) is 0 Å². The van der Waals surface area contributed by atoms with Gasteiger partial charge < -0.3 is 10.6 Å². The van der Waals surface area contributed by atoms with Gasteiger partial charge in [0, 0.05) is 21.7 Å². The summed E-state index contributed by atoms with van der Waals surface area (Å²) in [5.41, 5.74) is -1.82. The molecule has 0 fully saturated rings. The van der Waals surface area contributed by atoms with E-state index >= 15 is 0 Å². The number of fused-ring (bicyclic) bond motifs is 1. The summed E-state index contributed by atoms with van der Waals surface area (Å²) in [6.45, 7) is 1.83. The van der Waals surface area contributed by atoms with E-state index in [1.807, 2.05) is 31.2 Å². The number of para-hydroxylation sites is 1. The lowest BCUT2D eigenvalue weighted by Crippen LogP contribution is -2.19. The number of benzene rings is 2. The molecule has 134 valence electrons. The van der Waals surface area contributed by atoms with E-state index in [9.17, 15) is 18.0 Å². The summed E-state index contributed by atoms with van der Waals surface area (Å²) in [5, 5.41) is 6.15. The van der Waals surface area contributed by atoms with Crippen LogP contribution in [0.5, 0.6) is 0 Å². The fourth-order valence-electron chi connectivity index (χ4n) is 2.44. The van der Waals surface area contributed by atoms with Gasteiger partial charge in [0.1, 0.15) is 0 Å². The number of aryl methyl sites for hydroxylation is 1. The number of amides is 2. The van der Waals surface area contributed by atoms with Gasteiger partial charge in [0.2, 0.25) is 0 Å². The van der Waals surface area contributed by atoms with Gasteiger partial charge in [-0.05, 0) is 55.1 Å². The summed E-state index contributed by atoms with van der Waals surface area (Å²) in [5.74, 6) is 0. The first kappa shape index (κ1) is 18.1. The number of nitrogens with one attached hydrogen (secondary N) is 2. The Balaban J connectivity index is 1.72. The van der Waals surface area contributed by atoms with Gasteiger partial charge in [-0.15, -0.1) is 0 Å². The standard InChI is InChI=1S/C18H14F3N3OS/c1-11-10-16(14-4-2-3-5-15(14)22-11)24-17(25)23-12-6-8-13(9-7-12)26-18(19,20)21/h2-10H,1H3,(H2,22,23,24,25). The number of pyridine rings is 1. The molecule has 0 saturated heterocycles. The molecule has 3 aromatic rings. The number of carbonyl (C=O) groups excluding carboxylic acids is 1. The first-order valence-corrected chi connectivity index (χ1v) is 8.42. The smallest absolute Gasteiger partial charge is 0.308 e. The molecule has 0 aliphatic carbocycles. The van der Waals surface area contributed by atoms with E-state index in [-0.39, 0.29) is 16.7 Å². The molecule has 0 radical (unpaired) electrons. The molecule has 8 heteroatoms. The van der Waals surface area contributed by atoms with Crippen molar-refractivity contribution in [2.45, 2.75) is 17.3 Å². The van der Waals surface area contributed by atoms with Crippen molar-refractivity contribution in [2.24, 2.45) is 0 Å². The Labute approximate surface area is 151 Å². The second-order valence-corrected chi connectivity index (χ2v) is 6.62. The van der Waals surface area contributed by atoms with Crippen molar-refractivity contribution in [1.29, 1.82) is 0 Å². The highest BCUT2D eigenvalue weighted by Crippen LogP contribution is 2.37. The zero-order chi connectivity index (χ0) is 18.7. The Morgan fingerprint density at radius 1 is 1.04 bits per heavy atom. The molecule has 4 nitrogen and oxygen atoms in total. The van der Waals surface area contributed by atoms with E-state index in [1.54, 1.807) is 6.07 Å². The third kappa shape index (κ3) is 4.66. The largest absolute Gasteiger partial charge is 0.446 e. The van der Waals surface area contributed by atoms with Crippen molar-refractivity contribution >= 4 is 40.1 Å². The number of rotatable bonds is 3. The van der Waals surface area contributed by atoms with Crippen LogP contribution in [0.15, 0.2) is 59.5 Å². The zero-order valence-corrected chi connectivity index (χ0v) is 14.4. The number of nitrogens with zero attached hydrogens (tertiary/aromatic N) is 1. The van der Waals surface area contributed by atoms with Crippen molar-refractivity contribution in [2.75, 3.05) is 10.6 Å². The number of aromatic nitrogens is 1. The number of halogens is 3. The van der Waals surface area contributed by atoms with Crippen LogP contribution in [0.4, 0.5) is 29.3 Å². The third-order valence-corrected chi connectivity index (χ3v) is 4.18. The lowest BCUT2D eigenvalue weighted by atomic mass is 10.1. The van der Waals surface area contributed by atoms with Crippen LogP contribution < -0.4 is 10.6 Å².